The van der Waals surface area contributed by atoms with Crippen molar-refractivity contribution in [3.63, 3.8) is 0 Å². The molecule has 0 spiro atoms. The summed E-state index contributed by atoms with van der Waals surface area (Å²) in [5.41, 5.74) is 2.23. The van der Waals surface area contributed by atoms with E-state index in [1.807, 2.05) is 31.2 Å². The van der Waals surface area contributed by atoms with Crippen LogP contribution in [-0.4, -0.2) is 6.03 Å². The van der Waals surface area contributed by atoms with Crippen molar-refractivity contribution in [2.75, 3.05) is 10.6 Å². The highest BCUT2D eigenvalue weighted by Crippen LogP contribution is 2.20. The van der Waals surface area contributed by atoms with Crippen molar-refractivity contribution in [3.8, 4) is 0 Å². The fourth-order valence-corrected chi connectivity index (χ4v) is 1.99. The molecule has 2 aromatic rings. The van der Waals surface area contributed by atoms with Crippen LogP contribution in [-0.2, 0) is 6.42 Å². The van der Waals surface area contributed by atoms with Crippen molar-refractivity contribution in [3.05, 3.63) is 58.9 Å². The molecule has 104 valence electrons. The zero-order valence-corrected chi connectivity index (χ0v) is 11.7. The van der Waals surface area contributed by atoms with Crippen LogP contribution in [0, 0.1) is 5.82 Å². The Kier molecular flexibility index (Phi) is 4.58. The molecular weight excluding hydrogens is 279 g/mol. The lowest BCUT2D eigenvalue weighted by Crippen LogP contribution is -2.20. The number of rotatable bonds is 3. The number of carbonyl (C=O) groups is 1. The monoisotopic (exact) mass is 292 g/mol. The quantitative estimate of drug-likeness (QED) is 0.847. The van der Waals surface area contributed by atoms with E-state index in [1.54, 1.807) is 0 Å². The van der Waals surface area contributed by atoms with Gasteiger partial charge in [-0.05, 0) is 36.2 Å². The summed E-state index contributed by atoms with van der Waals surface area (Å²) in [6.45, 7) is 2.01. The predicted molar refractivity (Wildman–Crippen MR) is 79.9 cm³/mol. The summed E-state index contributed by atoms with van der Waals surface area (Å²) in [7, 11) is 0. The summed E-state index contributed by atoms with van der Waals surface area (Å²) in [5.74, 6) is -0.519. The second-order valence-electron chi connectivity index (χ2n) is 4.22. The highest BCUT2D eigenvalue weighted by Gasteiger charge is 2.07. The van der Waals surface area contributed by atoms with E-state index in [9.17, 15) is 9.18 Å². The van der Waals surface area contributed by atoms with E-state index in [0.29, 0.717) is 5.69 Å². The van der Waals surface area contributed by atoms with Gasteiger partial charge in [0.05, 0.1) is 5.02 Å². The fourth-order valence-electron chi connectivity index (χ4n) is 1.81. The van der Waals surface area contributed by atoms with Gasteiger partial charge in [-0.15, -0.1) is 0 Å². The first kappa shape index (κ1) is 14.3. The lowest BCUT2D eigenvalue weighted by molar-refractivity contribution is 0.262. The Hall–Kier alpha value is -2.07. The molecule has 20 heavy (non-hydrogen) atoms. The van der Waals surface area contributed by atoms with Crippen LogP contribution in [0.1, 0.15) is 12.5 Å². The number of amides is 2. The summed E-state index contributed by atoms with van der Waals surface area (Å²) in [4.78, 5) is 11.9. The van der Waals surface area contributed by atoms with Crippen LogP contribution in [0.3, 0.4) is 0 Å². The van der Waals surface area contributed by atoms with E-state index >= 15 is 0 Å². The molecule has 0 fully saturated rings. The van der Waals surface area contributed by atoms with E-state index in [0.717, 1.165) is 17.7 Å². The van der Waals surface area contributed by atoms with Gasteiger partial charge in [0, 0.05) is 11.4 Å². The average Bonchev–Trinajstić information content (AvgIpc) is 2.43. The van der Waals surface area contributed by atoms with Crippen molar-refractivity contribution in [2.24, 2.45) is 0 Å². The van der Waals surface area contributed by atoms with Crippen LogP contribution in [0.2, 0.25) is 5.02 Å². The minimum Gasteiger partial charge on any atom is -0.308 e. The third-order valence-electron chi connectivity index (χ3n) is 2.82. The van der Waals surface area contributed by atoms with E-state index < -0.39 is 11.8 Å². The Bertz CT molecular complexity index is 631. The standard InChI is InChI=1S/C15H14ClFN2O/c1-2-10-5-3-4-6-14(10)19-15(20)18-11-7-8-13(17)12(16)9-11/h3-9H,2H2,1H3,(H2,18,19,20). The molecule has 0 atom stereocenters. The van der Waals surface area contributed by atoms with Gasteiger partial charge in [-0.25, -0.2) is 9.18 Å². The third-order valence-corrected chi connectivity index (χ3v) is 3.11. The average molecular weight is 293 g/mol. The van der Waals surface area contributed by atoms with Crippen molar-refractivity contribution in [1.29, 1.82) is 0 Å². The van der Waals surface area contributed by atoms with Crippen LogP contribution in [0.5, 0.6) is 0 Å². The molecule has 0 aromatic heterocycles. The summed E-state index contributed by atoms with van der Waals surface area (Å²) >= 11 is 5.66. The lowest BCUT2D eigenvalue weighted by Gasteiger charge is -2.11. The second-order valence-corrected chi connectivity index (χ2v) is 4.63. The van der Waals surface area contributed by atoms with Crippen molar-refractivity contribution in [1.82, 2.24) is 0 Å². The highest BCUT2D eigenvalue weighted by molar-refractivity contribution is 6.31. The molecule has 0 saturated carbocycles. The maximum atomic E-state index is 13.0. The number of hydrogen-bond donors (Lipinski definition) is 2. The number of para-hydroxylation sites is 1. The first-order chi connectivity index (χ1) is 9.60. The zero-order chi connectivity index (χ0) is 14.5. The van der Waals surface area contributed by atoms with Gasteiger partial charge in [-0.1, -0.05) is 36.7 Å². The van der Waals surface area contributed by atoms with Crippen LogP contribution in [0.25, 0.3) is 0 Å². The van der Waals surface area contributed by atoms with Crippen molar-refractivity contribution >= 4 is 29.0 Å². The Morgan fingerprint density at radius 2 is 1.95 bits per heavy atom. The number of urea groups is 1. The van der Waals surface area contributed by atoms with E-state index in [2.05, 4.69) is 10.6 Å². The smallest absolute Gasteiger partial charge is 0.308 e. The Labute approximate surface area is 121 Å². The molecule has 0 saturated heterocycles. The molecule has 0 aliphatic rings. The predicted octanol–water partition coefficient (Wildman–Crippen LogP) is 4.69. The molecule has 2 rings (SSSR count). The third kappa shape index (κ3) is 3.48. The molecule has 0 heterocycles. The Balaban J connectivity index is 2.07. The molecular formula is C15H14ClFN2O. The molecule has 2 aromatic carbocycles. The van der Waals surface area contributed by atoms with Crippen molar-refractivity contribution in [2.45, 2.75) is 13.3 Å². The van der Waals surface area contributed by atoms with Crippen LogP contribution in [0.4, 0.5) is 20.6 Å². The van der Waals surface area contributed by atoms with Gasteiger partial charge in [0.25, 0.3) is 0 Å². The maximum absolute atomic E-state index is 13.0. The molecule has 0 aliphatic heterocycles. The van der Waals surface area contributed by atoms with Crippen LogP contribution >= 0.6 is 11.6 Å². The number of nitrogens with one attached hydrogen (secondary N) is 2. The largest absolute Gasteiger partial charge is 0.323 e. The molecule has 5 heteroatoms. The number of hydrogen-bond acceptors (Lipinski definition) is 1. The normalized spacial score (nSPS) is 10.2. The number of halogens is 2. The van der Waals surface area contributed by atoms with Crippen molar-refractivity contribution < 1.29 is 9.18 Å². The Morgan fingerprint density at radius 3 is 2.65 bits per heavy atom. The molecule has 0 aliphatic carbocycles. The first-order valence-corrected chi connectivity index (χ1v) is 6.59. The van der Waals surface area contributed by atoms with Gasteiger partial charge in [0.15, 0.2) is 0 Å². The van der Waals surface area contributed by atoms with Gasteiger partial charge in [-0.3, -0.25) is 0 Å². The molecule has 0 radical (unpaired) electrons. The minimum atomic E-state index is -0.519. The van der Waals surface area contributed by atoms with Gasteiger partial charge in [0.1, 0.15) is 5.82 Å². The molecule has 0 unspecified atom stereocenters. The second kappa shape index (κ2) is 6.39. The number of benzene rings is 2. The molecule has 3 nitrogen and oxygen atoms in total. The first-order valence-electron chi connectivity index (χ1n) is 6.21. The van der Waals surface area contributed by atoms with Gasteiger partial charge in [0.2, 0.25) is 0 Å². The topological polar surface area (TPSA) is 41.1 Å². The summed E-state index contributed by atoms with van der Waals surface area (Å²) in [5, 5.41) is 5.33. The summed E-state index contributed by atoms with van der Waals surface area (Å²) in [6, 6.07) is 11.2. The molecule has 2 N–H and O–H groups in total. The SMILES string of the molecule is CCc1ccccc1NC(=O)Nc1ccc(F)c(Cl)c1. The molecule has 0 bridgehead atoms. The van der Waals surface area contributed by atoms with E-state index in [-0.39, 0.29) is 5.02 Å². The number of carbonyl (C=O) groups excluding carboxylic acids is 1. The fraction of sp³-hybridized carbons (Fsp3) is 0.133. The highest BCUT2D eigenvalue weighted by atomic mass is 35.5. The minimum absolute atomic E-state index is 0.0308. The number of aryl methyl sites for hydroxylation is 1. The van der Waals surface area contributed by atoms with Gasteiger partial charge < -0.3 is 10.6 Å². The van der Waals surface area contributed by atoms with Gasteiger partial charge in [-0.2, -0.15) is 0 Å². The van der Waals surface area contributed by atoms with Crippen LogP contribution in [0.15, 0.2) is 42.5 Å². The van der Waals surface area contributed by atoms with E-state index in [1.165, 1.54) is 18.2 Å². The van der Waals surface area contributed by atoms with Gasteiger partial charge >= 0.3 is 6.03 Å². The summed E-state index contributed by atoms with van der Waals surface area (Å²) < 4.78 is 13.0. The Morgan fingerprint density at radius 1 is 1.20 bits per heavy atom. The van der Waals surface area contributed by atoms with Crippen LogP contribution < -0.4 is 10.6 Å². The molecule has 2 amide bonds. The van der Waals surface area contributed by atoms with E-state index in [4.69, 9.17) is 11.6 Å². The summed E-state index contributed by atoms with van der Waals surface area (Å²) in [6.07, 6.45) is 0.818. The lowest BCUT2D eigenvalue weighted by atomic mass is 10.1. The zero-order valence-electron chi connectivity index (χ0n) is 10.9. The number of anilines is 2. The maximum Gasteiger partial charge on any atom is 0.323 e.